The van der Waals surface area contributed by atoms with Gasteiger partial charge in [0.25, 0.3) is 5.91 Å². The summed E-state index contributed by atoms with van der Waals surface area (Å²) < 4.78 is 5.44. The molecule has 0 aliphatic carbocycles. The Hall–Kier alpha value is -1.81. The average molecular weight is 272 g/mol. The van der Waals surface area contributed by atoms with Crippen molar-refractivity contribution in [1.82, 2.24) is 10.6 Å². The minimum atomic E-state index is -0.0464. The Morgan fingerprint density at radius 1 is 1.40 bits per heavy atom. The third-order valence-corrected chi connectivity index (χ3v) is 4.16. The zero-order valence-electron chi connectivity index (χ0n) is 11.9. The Labute approximate surface area is 118 Å². The summed E-state index contributed by atoms with van der Waals surface area (Å²) in [5, 5.41) is 7.41. The van der Waals surface area contributed by atoms with E-state index in [4.69, 9.17) is 4.42 Å². The minimum Gasteiger partial charge on any atom is -0.463 e. The summed E-state index contributed by atoms with van der Waals surface area (Å²) in [6.07, 6.45) is 2.50. The van der Waals surface area contributed by atoms with Gasteiger partial charge in [-0.1, -0.05) is 32.0 Å². The van der Waals surface area contributed by atoms with Crippen LogP contribution in [0.5, 0.6) is 0 Å². The number of carbonyl (C=O) groups excluding carboxylic acids is 1. The van der Waals surface area contributed by atoms with Crippen LogP contribution < -0.4 is 10.6 Å². The van der Waals surface area contributed by atoms with E-state index in [1.807, 2.05) is 24.3 Å². The maximum absolute atomic E-state index is 12.5. The van der Waals surface area contributed by atoms with Gasteiger partial charge in [-0.3, -0.25) is 4.79 Å². The van der Waals surface area contributed by atoms with E-state index in [0.717, 1.165) is 30.5 Å². The van der Waals surface area contributed by atoms with Crippen LogP contribution in [0.2, 0.25) is 0 Å². The largest absolute Gasteiger partial charge is 0.463 e. The number of amides is 1. The predicted octanol–water partition coefficient (Wildman–Crippen LogP) is 2.55. The van der Waals surface area contributed by atoms with Gasteiger partial charge < -0.3 is 15.1 Å². The predicted molar refractivity (Wildman–Crippen MR) is 78.7 cm³/mol. The van der Waals surface area contributed by atoms with Gasteiger partial charge in [-0.25, -0.2) is 0 Å². The molecule has 1 aliphatic rings. The first-order valence-corrected chi connectivity index (χ1v) is 7.06. The molecular formula is C16H20N2O2. The molecule has 2 N–H and O–H groups in total. The summed E-state index contributed by atoms with van der Waals surface area (Å²) in [6.45, 7) is 6.22. The van der Waals surface area contributed by atoms with Crippen LogP contribution in [0.1, 0.15) is 30.6 Å². The van der Waals surface area contributed by atoms with Crippen LogP contribution in [0.15, 0.2) is 34.9 Å². The molecule has 1 aromatic heterocycles. The van der Waals surface area contributed by atoms with Gasteiger partial charge in [-0.15, -0.1) is 0 Å². The SMILES string of the molecule is CC1(C)CNCCC1NC(=O)c1coc2ccccc12. The van der Waals surface area contributed by atoms with E-state index in [9.17, 15) is 4.79 Å². The van der Waals surface area contributed by atoms with Gasteiger partial charge in [0.1, 0.15) is 11.8 Å². The second-order valence-corrected chi connectivity index (χ2v) is 6.13. The lowest BCUT2D eigenvalue weighted by atomic mass is 9.80. The molecule has 0 radical (unpaired) electrons. The van der Waals surface area contributed by atoms with Crippen LogP contribution in [0, 0.1) is 5.41 Å². The Morgan fingerprint density at radius 2 is 2.20 bits per heavy atom. The maximum Gasteiger partial charge on any atom is 0.255 e. The standard InChI is InChI=1S/C16H20N2O2/c1-16(2)10-17-8-7-14(16)18-15(19)12-9-20-13-6-4-3-5-11(12)13/h3-6,9,14,17H,7-8,10H2,1-2H3,(H,18,19). The number of piperidine rings is 1. The lowest BCUT2D eigenvalue weighted by Gasteiger charge is -2.39. The zero-order valence-corrected chi connectivity index (χ0v) is 11.9. The highest BCUT2D eigenvalue weighted by Gasteiger charge is 2.33. The van der Waals surface area contributed by atoms with Crippen LogP contribution in [-0.4, -0.2) is 25.0 Å². The van der Waals surface area contributed by atoms with Crippen molar-refractivity contribution >= 4 is 16.9 Å². The molecule has 20 heavy (non-hydrogen) atoms. The Bertz CT molecular complexity index is 630. The monoisotopic (exact) mass is 272 g/mol. The van der Waals surface area contributed by atoms with Crippen molar-refractivity contribution in [1.29, 1.82) is 0 Å². The second kappa shape index (κ2) is 4.94. The number of carbonyl (C=O) groups is 1. The molecule has 1 unspecified atom stereocenters. The van der Waals surface area contributed by atoms with Gasteiger partial charge in [-0.2, -0.15) is 0 Å². The topological polar surface area (TPSA) is 54.3 Å². The molecule has 1 amide bonds. The van der Waals surface area contributed by atoms with Gasteiger partial charge in [0, 0.05) is 18.0 Å². The smallest absolute Gasteiger partial charge is 0.255 e. The highest BCUT2D eigenvalue weighted by atomic mass is 16.3. The summed E-state index contributed by atoms with van der Waals surface area (Å²) in [7, 11) is 0. The van der Waals surface area contributed by atoms with Gasteiger partial charge in [-0.05, 0) is 24.4 Å². The number of hydrogen-bond donors (Lipinski definition) is 2. The molecule has 3 rings (SSSR count). The van der Waals surface area contributed by atoms with Crippen LogP contribution in [0.3, 0.4) is 0 Å². The van der Waals surface area contributed by atoms with Crippen molar-refractivity contribution in [3.05, 3.63) is 36.1 Å². The molecule has 2 heterocycles. The van der Waals surface area contributed by atoms with E-state index in [-0.39, 0.29) is 17.4 Å². The molecule has 1 saturated heterocycles. The number of benzene rings is 1. The summed E-state index contributed by atoms with van der Waals surface area (Å²) in [5.74, 6) is -0.0464. The molecule has 1 aromatic carbocycles. The van der Waals surface area contributed by atoms with Crippen molar-refractivity contribution in [3.8, 4) is 0 Å². The molecule has 2 aromatic rings. The van der Waals surface area contributed by atoms with Gasteiger partial charge in [0.05, 0.1) is 5.56 Å². The highest BCUT2D eigenvalue weighted by molar-refractivity contribution is 6.06. The average Bonchev–Trinajstić information content (AvgIpc) is 2.85. The van der Waals surface area contributed by atoms with Crippen molar-refractivity contribution in [3.63, 3.8) is 0 Å². The number of nitrogens with one attached hydrogen (secondary N) is 2. The first-order valence-electron chi connectivity index (χ1n) is 7.06. The van der Waals surface area contributed by atoms with Crippen LogP contribution >= 0.6 is 0 Å². The first kappa shape index (κ1) is 13.2. The summed E-state index contributed by atoms with van der Waals surface area (Å²) >= 11 is 0. The van der Waals surface area contributed by atoms with Crippen LogP contribution in [0.25, 0.3) is 11.0 Å². The van der Waals surface area contributed by atoms with E-state index in [1.54, 1.807) is 6.26 Å². The molecule has 0 spiro atoms. The van der Waals surface area contributed by atoms with Crippen molar-refractivity contribution < 1.29 is 9.21 Å². The first-order chi connectivity index (χ1) is 9.58. The summed E-state index contributed by atoms with van der Waals surface area (Å²) in [5.41, 5.74) is 1.44. The minimum absolute atomic E-state index is 0.0464. The molecular weight excluding hydrogens is 252 g/mol. The number of rotatable bonds is 2. The van der Waals surface area contributed by atoms with E-state index >= 15 is 0 Å². The van der Waals surface area contributed by atoms with E-state index in [0.29, 0.717) is 5.56 Å². The van der Waals surface area contributed by atoms with Gasteiger partial charge >= 0.3 is 0 Å². The van der Waals surface area contributed by atoms with Crippen molar-refractivity contribution in [2.24, 2.45) is 5.41 Å². The van der Waals surface area contributed by atoms with E-state index in [2.05, 4.69) is 24.5 Å². The van der Waals surface area contributed by atoms with Crippen LogP contribution in [0.4, 0.5) is 0 Å². The molecule has 0 saturated carbocycles. The second-order valence-electron chi connectivity index (χ2n) is 6.13. The Morgan fingerprint density at radius 3 is 3.00 bits per heavy atom. The Kier molecular flexibility index (Phi) is 3.26. The number of fused-ring (bicyclic) bond motifs is 1. The zero-order chi connectivity index (χ0) is 14.2. The van der Waals surface area contributed by atoms with E-state index in [1.165, 1.54) is 0 Å². The molecule has 1 fully saturated rings. The van der Waals surface area contributed by atoms with E-state index < -0.39 is 0 Å². The summed E-state index contributed by atoms with van der Waals surface area (Å²) in [6, 6.07) is 7.80. The third kappa shape index (κ3) is 2.31. The lowest BCUT2D eigenvalue weighted by molar-refractivity contribution is 0.0869. The number of hydrogen-bond acceptors (Lipinski definition) is 3. The molecule has 106 valence electrons. The molecule has 0 bridgehead atoms. The molecule has 4 heteroatoms. The van der Waals surface area contributed by atoms with Crippen molar-refractivity contribution in [2.75, 3.05) is 13.1 Å². The molecule has 1 aliphatic heterocycles. The van der Waals surface area contributed by atoms with Crippen LogP contribution in [-0.2, 0) is 0 Å². The quantitative estimate of drug-likeness (QED) is 0.883. The number of furan rings is 1. The summed E-state index contributed by atoms with van der Waals surface area (Å²) in [4.78, 5) is 12.5. The third-order valence-electron chi connectivity index (χ3n) is 4.16. The number of para-hydroxylation sites is 1. The van der Waals surface area contributed by atoms with Gasteiger partial charge in [0.15, 0.2) is 0 Å². The highest BCUT2D eigenvalue weighted by Crippen LogP contribution is 2.26. The van der Waals surface area contributed by atoms with Gasteiger partial charge in [0.2, 0.25) is 0 Å². The molecule has 1 atom stereocenters. The molecule has 4 nitrogen and oxygen atoms in total. The fourth-order valence-electron chi connectivity index (χ4n) is 2.83. The van der Waals surface area contributed by atoms with Crippen molar-refractivity contribution in [2.45, 2.75) is 26.3 Å². The Balaban J connectivity index is 1.82. The fraction of sp³-hybridized carbons (Fsp3) is 0.438. The fourth-order valence-corrected chi connectivity index (χ4v) is 2.83. The normalized spacial score (nSPS) is 21.8. The maximum atomic E-state index is 12.5. The lowest BCUT2D eigenvalue weighted by Crippen LogP contribution is -2.54.